The van der Waals surface area contributed by atoms with Crippen LogP contribution in [0.25, 0.3) is 56.4 Å². The predicted octanol–water partition coefficient (Wildman–Crippen LogP) is 11.8. The number of nitriles is 1. The second-order valence-electron chi connectivity index (χ2n) is 15.6. The van der Waals surface area contributed by atoms with Crippen LogP contribution in [0.4, 0.5) is 0 Å². The van der Waals surface area contributed by atoms with E-state index in [1.54, 1.807) is 0 Å². The minimum absolute atomic E-state index is 0.0174. The minimum Gasteiger partial charge on any atom is -0.208 e. The average Bonchev–Trinajstić information content (AvgIpc) is 3.24. The van der Waals surface area contributed by atoms with E-state index in [9.17, 15) is 5.26 Å². The lowest BCUT2D eigenvalue weighted by atomic mass is 9.42. The van der Waals surface area contributed by atoms with Crippen LogP contribution in [0.5, 0.6) is 0 Å². The quantitative estimate of drug-likeness (QED) is 0.166. The molecule has 4 bridgehead atoms. The number of hydrogen-bond donors (Lipinski definition) is 0. The number of rotatable bonds is 7. The molecule has 4 aliphatic rings. The fourth-order valence-corrected chi connectivity index (χ4v) is 10.4. The van der Waals surface area contributed by atoms with Crippen molar-refractivity contribution in [2.75, 3.05) is 0 Å². The Labute approximate surface area is 317 Å². The molecule has 11 rings (SSSR count). The lowest BCUT2D eigenvalue weighted by Gasteiger charge is -2.62. The summed E-state index contributed by atoms with van der Waals surface area (Å²) in [5, 5.41) is 9.29. The fourth-order valence-electron chi connectivity index (χ4n) is 10.4. The van der Waals surface area contributed by atoms with E-state index in [-0.39, 0.29) is 5.41 Å². The van der Waals surface area contributed by atoms with Crippen LogP contribution in [0, 0.1) is 35.0 Å². The van der Waals surface area contributed by atoms with Gasteiger partial charge in [0, 0.05) is 22.1 Å². The van der Waals surface area contributed by atoms with Gasteiger partial charge in [0.1, 0.15) is 0 Å². The molecule has 4 heteroatoms. The van der Waals surface area contributed by atoms with Crippen LogP contribution < -0.4 is 0 Å². The van der Waals surface area contributed by atoms with Crippen molar-refractivity contribution in [1.82, 2.24) is 15.0 Å². The van der Waals surface area contributed by atoms with Crippen molar-refractivity contribution in [3.63, 3.8) is 0 Å². The molecular weight excluding hydrogens is 657 g/mol. The van der Waals surface area contributed by atoms with Gasteiger partial charge in [-0.05, 0) is 107 Å². The first-order valence-electron chi connectivity index (χ1n) is 19.3. The van der Waals surface area contributed by atoms with Gasteiger partial charge in [-0.25, -0.2) is 15.0 Å². The fraction of sp³-hybridized carbons (Fsp3) is 0.200. The molecule has 0 spiro atoms. The maximum Gasteiger partial charge on any atom is 0.164 e. The molecule has 7 aromatic rings. The molecule has 0 unspecified atom stereocenters. The molecule has 0 radical (unpaired) electrons. The third kappa shape index (κ3) is 5.63. The summed E-state index contributed by atoms with van der Waals surface area (Å²) >= 11 is 0. The Bertz CT molecular complexity index is 2400. The molecule has 0 saturated heterocycles. The molecule has 0 N–H and O–H groups in total. The number of aromatic nitrogens is 3. The zero-order valence-corrected chi connectivity index (χ0v) is 30.1. The number of benzene rings is 6. The van der Waals surface area contributed by atoms with Gasteiger partial charge in [-0.15, -0.1) is 0 Å². The first-order chi connectivity index (χ1) is 26.6. The molecule has 1 aromatic heterocycles. The van der Waals surface area contributed by atoms with Gasteiger partial charge in [0.05, 0.1) is 11.6 Å². The summed E-state index contributed by atoms with van der Waals surface area (Å²) in [7, 11) is 0. The Morgan fingerprint density at radius 3 is 1.30 bits per heavy atom. The zero-order chi connectivity index (χ0) is 36.1. The Morgan fingerprint density at radius 1 is 0.407 bits per heavy atom. The monoisotopic (exact) mass is 696 g/mol. The highest BCUT2D eigenvalue weighted by molar-refractivity contribution is 5.73. The van der Waals surface area contributed by atoms with E-state index in [1.807, 2.05) is 72.8 Å². The van der Waals surface area contributed by atoms with Crippen molar-refractivity contribution < 1.29 is 0 Å². The SMILES string of the molecule is N#Cc1ccc(-c2ccc(C3(c4ccc(-c5cccc(-c6nc(-c7ccccc7)nc(-c7ccccc7)n6)c5)cc4)C4CC5CC(C4)CC3C5)cc2)cc1. The van der Waals surface area contributed by atoms with Crippen molar-refractivity contribution in [2.45, 2.75) is 37.5 Å². The number of nitrogens with zero attached hydrogens (tertiary/aromatic N) is 4. The largest absolute Gasteiger partial charge is 0.208 e. The van der Waals surface area contributed by atoms with Crippen molar-refractivity contribution >= 4 is 0 Å². The van der Waals surface area contributed by atoms with Crippen LogP contribution in [-0.4, -0.2) is 15.0 Å². The molecule has 4 aliphatic carbocycles. The van der Waals surface area contributed by atoms with Crippen molar-refractivity contribution in [1.29, 1.82) is 5.26 Å². The molecule has 4 nitrogen and oxygen atoms in total. The molecule has 260 valence electrons. The van der Waals surface area contributed by atoms with E-state index in [4.69, 9.17) is 15.0 Å². The Kier molecular flexibility index (Phi) is 8.02. The average molecular weight is 697 g/mol. The molecule has 0 atom stereocenters. The topological polar surface area (TPSA) is 62.5 Å². The van der Waals surface area contributed by atoms with Crippen LogP contribution in [0.2, 0.25) is 0 Å². The highest BCUT2D eigenvalue weighted by atomic mass is 15.0. The van der Waals surface area contributed by atoms with Gasteiger partial charge in [-0.1, -0.05) is 140 Å². The van der Waals surface area contributed by atoms with E-state index in [0.717, 1.165) is 39.7 Å². The molecule has 0 amide bonds. The maximum atomic E-state index is 9.29. The normalized spacial score (nSPS) is 22.5. The van der Waals surface area contributed by atoms with E-state index < -0.39 is 0 Å². The summed E-state index contributed by atoms with van der Waals surface area (Å²) in [5.41, 5.74) is 11.2. The summed E-state index contributed by atoms with van der Waals surface area (Å²) in [5.74, 6) is 5.07. The van der Waals surface area contributed by atoms with E-state index >= 15 is 0 Å². The third-order valence-corrected chi connectivity index (χ3v) is 12.7. The molecular formula is C50H40N4. The smallest absolute Gasteiger partial charge is 0.164 e. The predicted molar refractivity (Wildman–Crippen MR) is 216 cm³/mol. The first-order valence-corrected chi connectivity index (χ1v) is 19.3. The van der Waals surface area contributed by atoms with Gasteiger partial charge >= 0.3 is 0 Å². The van der Waals surface area contributed by atoms with Gasteiger partial charge in [0.15, 0.2) is 17.5 Å². The van der Waals surface area contributed by atoms with Gasteiger partial charge in [0.2, 0.25) is 0 Å². The number of hydrogen-bond acceptors (Lipinski definition) is 4. The highest BCUT2D eigenvalue weighted by Crippen LogP contribution is 2.65. The second-order valence-corrected chi connectivity index (χ2v) is 15.6. The van der Waals surface area contributed by atoms with Gasteiger partial charge in [-0.2, -0.15) is 5.26 Å². The Morgan fingerprint density at radius 2 is 0.815 bits per heavy atom. The summed E-state index contributed by atoms with van der Waals surface area (Å²) in [6.07, 6.45) is 6.75. The summed E-state index contributed by atoms with van der Waals surface area (Å²) in [6.45, 7) is 0. The molecule has 6 aromatic carbocycles. The van der Waals surface area contributed by atoms with Gasteiger partial charge in [-0.3, -0.25) is 0 Å². The standard InChI is InChI=1S/C50H40N4/c51-32-33-14-16-36(17-15-33)37-18-22-43(23-19-37)50(45-27-34-26-35(29-45)30-46(50)28-34)44-24-20-38(21-25-44)41-12-7-13-42(31-41)49-53-47(39-8-3-1-4-9-39)52-48(54-49)40-10-5-2-6-11-40/h1-25,31,34-35,45-46H,26-30H2. The van der Waals surface area contributed by atoms with Gasteiger partial charge in [0.25, 0.3) is 0 Å². The van der Waals surface area contributed by atoms with Crippen LogP contribution in [0.3, 0.4) is 0 Å². The lowest BCUT2D eigenvalue weighted by molar-refractivity contribution is -0.0418. The highest BCUT2D eigenvalue weighted by Gasteiger charge is 2.58. The van der Waals surface area contributed by atoms with E-state index in [2.05, 4.69) is 91.0 Å². The van der Waals surface area contributed by atoms with E-state index in [0.29, 0.717) is 34.9 Å². The van der Waals surface area contributed by atoms with Gasteiger partial charge < -0.3 is 0 Å². The second kappa shape index (κ2) is 13.3. The van der Waals surface area contributed by atoms with E-state index in [1.165, 1.54) is 54.4 Å². The van der Waals surface area contributed by atoms with Crippen LogP contribution in [0.1, 0.15) is 48.8 Å². The van der Waals surface area contributed by atoms with Crippen LogP contribution in [0.15, 0.2) is 158 Å². The minimum atomic E-state index is 0.0174. The van der Waals surface area contributed by atoms with Crippen molar-refractivity contribution in [3.05, 3.63) is 174 Å². The van der Waals surface area contributed by atoms with Crippen molar-refractivity contribution in [2.24, 2.45) is 23.7 Å². The summed E-state index contributed by atoms with van der Waals surface area (Å²) in [6, 6.07) is 58.1. The molecule has 1 heterocycles. The lowest BCUT2D eigenvalue weighted by Crippen LogP contribution is -2.56. The van der Waals surface area contributed by atoms with Crippen LogP contribution >= 0.6 is 0 Å². The molecule has 4 saturated carbocycles. The first kappa shape index (κ1) is 32.5. The Balaban J connectivity index is 1.01. The zero-order valence-electron chi connectivity index (χ0n) is 30.1. The van der Waals surface area contributed by atoms with Crippen molar-refractivity contribution in [3.8, 4) is 62.5 Å². The Hall–Kier alpha value is -6.18. The van der Waals surface area contributed by atoms with Crippen LogP contribution in [-0.2, 0) is 5.41 Å². The third-order valence-electron chi connectivity index (χ3n) is 12.7. The molecule has 4 fully saturated rings. The maximum absolute atomic E-state index is 9.29. The summed E-state index contributed by atoms with van der Waals surface area (Å²) in [4.78, 5) is 14.9. The summed E-state index contributed by atoms with van der Waals surface area (Å²) < 4.78 is 0. The molecule has 0 aliphatic heterocycles. The molecule has 54 heavy (non-hydrogen) atoms.